The Hall–Kier alpha value is -1.84. The van der Waals surface area contributed by atoms with E-state index in [9.17, 15) is 9.59 Å². The van der Waals surface area contributed by atoms with Crippen molar-refractivity contribution in [2.45, 2.75) is 52.6 Å². The number of carbonyl (C=O) groups excluding carboxylic acids is 2. The van der Waals surface area contributed by atoms with Crippen molar-refractivity contribution in [3.05, 3.63) is 36.0 Å². The van der Waals surface area contributed by atoms with Crippen LogP contribution in [0.25, 0.3) is 0 Å². The molecule has 1 heterocycles. The molecule has 0 N–H and O–H groups in total. The van der Waals surface area contributed by atoms with E-state index in [2.05, 4.69) is 19.6 Å². The second-order valence-corrected chi connectivity index (χ2v) is 7.30. The molecule has 0 aromatic carbocycles. The lowest BCUT2D eigenvalue weighted by Gasteiger charge is -2.21. The summed E-state index contributed by atoms with van der Waals surface area (Å²) >= 11 is 0. The van der Waals surface area contributed by atoms with Crippen molar-refractivity contribution in [2.75, 3.05) is 6.61 Å². The number of esters is 2. The highest BCUT2D eigenvalue weighted by molar-refractivity contribution is 5.90. The number of ether oxygens (including phenoxy) is 2. The molecule has 0 radical (unpaired) electrons. The zero-order valence-electron chi connectivity index (χ0n) is 14.9. The predicted octanol–water partition coefficient (Wildman–Crippen LogP) is 3.98. The normalized spacial score (nSPS) is 31.0. The van der Waals surface area contributed by atoms with Crippen LogP contribution in [-0.2, 0) is 19.1 Å². The standard InChI is InChI=1S/C20H28O4/c1-13(2)10-19(21)23-12-16-7-5-6-14(3)8-9-17-15(4)20(22)24-18(17)11-16/h5-7,13-14,17-18H,4,8-12H2,1-3H3/b6-5-,16-7+/t14?,17-,18+/m0/s1. The van der Waals surface area contributed by atoms with Crippen LogP contribution in [0.3, 0.4) is 0 Å². The lowest BCUT2D eigenvalue weighted by atomic mass is 9.85. The number of hydrogen-bond donors (Lipinski definition) is 0. The molecule has 1 unspecified atom stereocenters. The van der Waals surface area contributed by atoms with Crippen LogP contribution in [0.5, 0.6) is 0 Å². The van der Waals surface area contributed by atoms with Crippen molar-refractivity contribution in [2.24, 2.45) is 17.8 Å². The molecule has 1 fully saturated rings. The average Bonchev–Trinajstić information content (AvgIpc) is 2.76. The van der Waals surface area contributed by atoms with Crippen molar-refractivity contribution in [1.82, 2.24) is 0 Å². The highest BCUT2D eigenvalue weighted by atomic mass is 16.6. The summed E-state index contributed by atoms with van der Waals surface area (Å²) in [6.45, 7) is 10.3. The second kappa shape index (κ2) is 8.32. The van der Waals surface area contributed by atoms with E-state index >= 15 is 0 Å². The largest absolute Gasteiger partial charge is 0.461 e. The quantitative estimate of drug-likeness (QED) is 0.577. The first-order valence-corrected chi connectivity index (χ1v) is 8.78. The average molecular weight is 332 g/mol. The SMILES string of the molecule is C=C1C(=O)O[C@@H]2C/C(COC(=O)CC(C)C)=C\C=C/C(C)CC[C@@H]12. The highest BCUT2D eigenvalue weighted by Crippen LogP contribution is 2.35. The Morgan fingerprint density at radius 2 is 2.17 bits per heavy atom. The van der Waals surface area contributed by atoms with Gasteiger partial charge in [0, 0.05) is 24.3 Å². The first kappa shape index (κ1) is 18.5. The van der Waals surface area contributed by atoms with Crippen LogP contribution >= 0.6 is 0 Å². The van der Waals surface area contributed by atoms with E-state index in [1.807, 2.05) is 26.0 Å². The number of carbonyl (C=O) groups is 2. The van der Waals surface area contributed by atoms with Crippen molar-refractivity contribution in [3.8, 4) is 0 Å². The molecule has 0 bridgehead atoms. The van der Waals surface area contributed by atoms with Crippen LogP contribution in [0.15, 0.2) is 36.0 Å². The molecule has 0 aromatic rings. The zero-order valence-corrected chi connectivity index (χ0v) is 14.9. The molecule has 0 spiro atoms. The summed E-state index contributed by atoms with van der Waals surface area (Å²) in [5, 5.41) is 0. The molecule has 4 heteroatoms. The van der Waals surface area contributed by atoms with E-state index < -0.39 is 0 Å². The number of rotatable bonds is 4. The smallest absolute Gasteiger partial charge is 0.334 e. The van der Waals surface area contributed by atoms with Crippen LogP contribution in [0.1, 0.15) is 46.5 Å². The first-order chi connectivity index (χ1) is 11.4. The van der Waals surface area contributed by atoms with Crippen LogP contribution in [0.4, 0.5) is 0 Å². The topological polar surface area (TPSA) is 52.6 Å². The minimum absolute atomic E-state index is 0.0567. The monoisotopic (exact) mass is 332 g/mol. The van der Waals surface area contributed by atoms with Crippen LogP contribution < -0.4 is 0 Å². The molecule has 0 amide bonds. The van der Waals surface area contributed by atoms with Crippen molar-refractivity contribution in [3.63, 3.8) is 0 Å². The summed E-state index contributed by atoms with van der Waals surface area (Å²) in [6.07, 6.45) is 8.84. The Balaban J connectivity index is 2.08. The van der Waals surface area contributed by atoms with E-state index in [-0.39, 0.29) is 36.5 Å². The predicted molar refractivity (Wildman–Crippen MR) is 93.2 cm³/mol. The fourth-order valence-electron chi connectivity index (χ4n) is 3.13. The van der Waals surface area contributed by atoms with E-state index in [1.54, 1.807) is 0 Å². The molecule has 1 saturated heterocycles. The summed E-state index contributed by atoms with van der Waals surface area (Å²) in [5.74, 6) is 0.278. The van der Waals surface area contributed by atoms with E-state index in [4.69, 9.17) is 9.47 Å². The summed E-state index contributed by atoms with van der Waals surface area (Å²) < 4.78 is 10.9. The Morgan fingerprint density at radius 1 is 1.42 bits per heavy atom. The van der Waals surface area contributed by atoms with Gasteiger partial charge >= 0.3 is 11.9 Å². The molecule has 132 valence electrons. The van der Waals surface area contributed by atoms with Gasteiger partial charge in [0.2, 0.25) is 0 Å². The summed E-state index contributed by atoms with van der Waals surface area (Å²) in [7, 11) is 0. The first-order valence-electron chi connectivity index (χ1n) is 8.78. The van der Waals surface area contributed by atoms with Crippen molar-refractivity contribution in [1.29, 1.82) is 0 Å². The molecule has 24 heavy (non-hydrogen) atoms. The lowest BCUT2D eigenvalue weighted by molar-refractivity contribution is -0.144. The van der Waals surface area contributed by atoms with Gasteiger partial charge in [-0.15, -0.1) is 0 Å². The maximum absolute atomic E-state index is 11.9. The summed E-state index contributed by atoms with van der Waals surface area (Å²) in [6, 6.07) is 0. The molecule has 2 aliphatic rings. The van der Waals surface area contributed by atoms with E-state index in [0.717, 1.165) is 18.4 Å². The maximum atomic E-state index is 11.9. The Bertz CT molecular complexity index is 556. The maximum Gasteiger partial charge on any atom is 0.334 e. The molecular formula is C20H28O4. The molecule has 3 atom stereocenters. The fraction of sp³-hybridized carbons (Fsp3) is 0.600. The molecule has 0 saturated carbocycles. The van der Waals surface area contributed by atoms with Crippen molar-refractivity contribution < 1.29 is 19.1 Å². The van der Waals surface area contributed by atoms with Gasteiger partial charge in [0.05, 0.1) is 0 Å². The number of hydrogen-bond acceptors (Lipinski definition) is 4. The number of fused-ring (bicyclic) bond motifs is 1. The summed E-state index contributed by atoms with van der Waals surface area (Å²) in [5.41, 5.74) is 1.54. The van der Waals surface area contributed by atoms with Gasteiger partial charge in [0.1, 0.15) is 12.7 Å². The third-order valence-electron chi connectivity index (χ3n) is 4.58. The minimum atomic E-state index is -0.291. The Morgan fingerprint density at radius 3 is 2.88 bits per heavy atom. The van der Waals surface area contributed by atoms with Gasteiger partial charge in [-0.1, -0.05) is 45.6 Å². The van der Waals surface area contributed by atoms with Gasteiger partial charge in [-0.05, 0) is 30.3 Å². The van der Waals surface area contributed by atoms with Gasteiger partial charge in [-0.2, -0.15) is 0 Å². The van der Waals surface area contributed by atoms with Gasteiger partial charge < -0.3 is 9.47 Å². The van der Waals surface area contributed by atoms with Crippen LogP contribution in [0.2, 0.25) is 0 Å². The Labute approximate surface area is 144 Å². The molecule has 1 aliphatic carbocycles. The molecule has 4 nitrogen and oxygen atoms in total. The highest BCUT2D eigenvalue weighted by Gasteiger charge is 2.38. The van der Waals surface area contributed by atoms with E-state index in [0.29, 0.717) is 24.3 Å². The zero-order chi connectivity index (χ0) is 17.7. The summed E-state index contributed by atoms with van der Waals surface area (Å²) in [4.78, 5) is 23.7. The van der Waals surface area contributed by atoms with E-state index in [1.165, 1.54) is 0 Å². The lowest BCUT2D eigenvalue weighted by Crippen LogP contribution is -2.20. The van der Waals surface area contributed by atoms with Crippen molar-refractivity contribution >= 4 is 11.9 Å². The van der Waals surface area contributed by atoms with Gasteiger partial charge in [-0.3, -0.25) is 4.79 Å². The third kappa shape index (κ3) is 5.08. The number of allylic oxidation sites excluding steroid dienone is 3. The molecule has 2 rings (SSSR count). The van der Waals surface area contributed by atoms with Crippen LogP contribution in [-0.4, -0.2) is 24.6 Å². The van der Waals surface area contributed by atoms with Gasteiger partial charge in [0.15, 0.2) is 0 Å². The van der Waals surface area contributed by atoms with Crippen LogP contribution in [0, 0.1) is 17.8 Å². The Kier molecular flexibility index (Phi) is 6.41. The minimum Gasteiger partial charge on any atom is -0.461 e. The molecular weight excluding hydrogens is 304 g/mol. The second-order valence-electron chi connectivity index (χ2n) is 7.30. The molecule has 1 aliphatic heterocycles. The van der Waals surface area contributed by atoms with Gasteiger partial charge in [-0.25, -0.2) is 4.79 Å². The van der Waals surface area contributed by atoms with Gasteiger partial charge in [0.25, 0.3) is 0 Å². The fourth-order valence-corrected chi connectivity index (χ4v) is 3.13. The molecule has 0 aromatic heterocycles. The third-order valence-corrected chi connectivity index (χ3v) is 4.58.